The van der Waals surface area contributed by atoms with Crippen LogP contribution in [0.25, 0.3) is 0 Å². The summed E-state index contributed by atoms with van der Waals surface area (Å²) >= 11 is 0. The number of unbranched alkanes of at least 4 members (excludes halogenated alkanes) is 15. The fourth-order valence-electron chi connectivity index (χ4n) is 5.42. The predicted octanol–water partition coefficient (Wildman–Crippen LogP) is 13.9. The lowest BCUT2D eigenvalue weighted by molar-refractivity contribution is -0.167. The lowest BCUT2D eigenvalue weighted by Crippen LogP contribution is -2.30. The van der Waals surface area contributed by atoms with Gasteiger partial charge in [-0.1, -0.05) is 176 Å². The summed E-state index contributed by atoms with van der Waals surface area (Å²) in [4.78, 5) is 37.7. The molecule has 0 aliphatic rings. The number of hydrogen-bond donors (Lipinski definition) is 0. The van der Waals surface area contributed by atoms with Crippen molar-refractivity contribution < 1.29 is 28.6 Å². The summed E-state index contributed by atoms with van der Waals surface area (Å²) in [5.74, 6) is -0.989. The summed E-state index contributed by atoms with van der Waals surface area (Å²) in [6.07, 6.45) is 55.3. The maximum atomic E-state index is 12.7. The first-order valence-corrected chi connectivity index (χ1v) is 21.8. The highest BCUT2D eigenvalue weighted by atomic mass is 16.6. The van der Waals surface area contributed by atoms with Gasteiger partial charge in [0.2, 0.25) is 0 Å². The molecule has 0 heterocycles. The van der Waals surface area contributed by atoms with E-state index in [4.69, 9.17) is 14.2 Å². The van der Waals surface area contributed by atoms with Gasteiger partial charge in [0, 0.05) is 19.3 Å². The molecule has 55 heavy (non-hydrogen) atoms. The molecule has 0 aromatic carbocycles. The average molecular weight is 763 g/mol. The fraction of sp³-hybridized carbons (Fsp3) is 0.612. The van der Waals surface area contributed by atoms with Crippen LogP contribution in [0.4, 0.5) is 0 Å². The molecule has 0 N–H and O–H groups in total. The first kappa shape index (κ1) is 51.3. The van der Waals surface area contributed by atoms with Crippen LogP contribution >= 0.6 is 0 Å². The van der Waals surface area contributed by atoms with E-state index in [1.165, 1.54) is 12.8 Å². The SMILES string of the molecule is CC\C=C/C=C\C=C/CCCCCCCC(=O)OCC(COC(=O)CCCCC/C=C\C=C/CCCC)OC(=O)CCCCCCC\C=C/C=C\C=C/CC. The molecule has 0 amide bonds. The molecule has 6 nitrogen and oxygen atoms in total. The van der Waals surface area contributed by atoms with Gasteiger partial charge in [0.25, 0.3) is 0 Å². The first-order chi connectivity index (χ1) is 27.0. The molecule has 1 atom stereocenters. The summed E-state index contributed by atoms with van der Waals surface area (Å²) in [6.45, 7) is 6.22. The van der Waals surface area contributed by atoms with Gasteiger partial charge in [0.05, 0.1) is 0 Å². The number of carbonyl (C=O) groups excluding carboxylic acids is 3. The molecule has 0 aliphatic carbocycles. The van der Waals surface area contributed by atoms with Crippen LogP contribution in [0.2, 0.25) is 0 Å². The van der Waals surface area contributed by atoms with E-state index >= 15 is 0 Å². The Balaban J connectivity index is 4.51. The minimum absolute atomic E-state index is 0.107. The zero-order valence-corrected chi connectivity index (χ0v) is 35.1. The van der Waals surface area contributed by atoms with Gasteiger partial charge < -0.3 is 14.2 Å². The maximum Gasteiger partial charge on any atom is 0.306 e. The summed E-state index contributed by atoms with van der Waals surface area (Å²) in [5.41, 5.74) is 0. The van der Waals surface area contributed by atoms with Crippen molar-refractivity contribution in [1.82, 2.24) is 0 Å². The highest BCUT2D eigenvalue weighted by Crippen LogP contribution is 2.12. The number of rotatable bonds is 37. The van der Waals surface area contributed by atoms with Crippen LogP contribution in [0.5, 0.6) is 0 Å². The minimum atomic E-state index is -0.806. The Kier molecular flexibility index (Phi) is 40.2. The molecule has 1 unspecified atom stereocenters. The Labute approximate surface area is 337 Å². The number of esters is 3. The van der Waals surface area contributed by atoms with E-state index in [-0.39, 0.29) is 31.1 Å². The van der Waals surface area contributed by atoms with E-state index in [2.05, 4.69) is 106 Å². The number of ether oxygens (including phenoxy) is 3. The van der Waals surface area contributed by atoms with Crippen LogP contribution in [0.15, 0.2) is 97.2 Å². The molecule has 310 valence electrons. The van der Waals surface area contributed by atoms with Gasteiger partial charge in [-0.15, -0.1) is 0 Å². The van der Waals surface area contributed by atoms with Gasteiger partial charge in [-0.3, -0.25) is 14.4 Å². The second-order valence-corrected chi connectivity index (χ2v) is 14.0. The van der Waals surface area contributed by atoms with Gasteiger partial charge >= 0.3 is 17.9 Å². The van der Waals surface area contributed by atoms with Crippen molar-refractivity contribution in [2.24, 2.45) is 0 Å². The fourth-order valence-corrected chi connectivity index (χ4v) is 5.42. The third-order valence-electron chi connectivity index (χ3n) is 8.70. The van der Waals surface area contributed by atoms with Crippen molar-refractivity contribution in [1.29, 1.82) is 0 Å². The second kappa shape index (κ2) is 43.1. The van der Waals surface area contributed by atoms with Crippen LogP contribution in [0.1, 0.15) is 175 Å². The Morgan fingerprint density at radius 1 is 0.382 bits per heavy atom. The molecule has 0 saturated carbocycles. The van der Waals surface area contributed by atoms with Crippen LogP contribution in [0.3, 0.4) is 0 Å². The molecule has 0 radical (unpaired) electrons. The lowest BCUT2D eigenvalue weighted by atomic mass is 10.1. The zero-order chi connectivity index (χ0) is 40.1. The molecular formula is C49H78O6. The van der Waals surface area contributed by atoms with Crippen molar-refractivity contribution >= 4 is 17.9 Å². The Hall–Kier alpha value is -3.67. The third kappa shape index (κ3) is 41.3. The standard InChI is InChI=1S/C49H78O6/c1-4-7-10-13-16-19-22-24-27-30-33-36-39-42-48(51)54-45-46(44-53-47(50)41-38-35-32-29-26-21-18-15-12-9-6-3)55-49(52)43-40-37-34-31-28-25-23-20-17-14-11-8-5-2/h7-8,10-11,13-23,26,46H,4-6,9,12,24-25,27-45H2,1-3H3/b10-7-,11-8-,16-13-,17-14-,18-15-,22-19-,23-20-,26-21-. The monoisotopic (exact) mass is 763 g/mol. The zero-order valence-electron chi connectivity index (χ0n) is 35.1. The molecule has 0 rings (SSSR count). The molecule has 0 aliphatic heterocycles. The van der Waals surface area contributed by atoms with E-state index < -0.39 is 6.10 Å². The molecular weight excluding hydrogens is 685 g/mol. The first-order valence-electron chi connectivity index (χ1n) is 21.8. The van der Waals surface area contributed by atoms with Crippen LogP contribution in [-0.4, -0.2) is 37.2 Å². The van der Waals surface area contributed by atoms with Gasteiger partial charge in [-0.05, 0) is 77.0 Å². The highest BCUT2D eigenvalue weighted by Gasteiger charge is 2.19. The lowest BCUT2D eigenvalue weighted by Gasteiger charge is -2.18. The van der Waals surface area contributed by atoms with Crippen molar-refractivity contribution in [3.8, 4) is 0 Å². The molecule has 0 aromatic heterocycles. The highest BCUT2D eigenvalue weighted by molar-refractivity contribution is 5.71. The van der Waals surface area contributed by atoms with Gasteiger partial charge in [0.1, 0.15) is 13.2 Å². The Morgan fingerprint density at radius 3 is 1.13 bits per heavy atom. The average Bonchev–Trinajstić information content (AvgIpc) is 3.18. The number of hydrogen-bond acceptors (Lipinski definition) is 6. The smallest absolute Gasteiger partial charge is 0.306 e. The van der Waals surface area contributed by atoms with Crippen molar-refractivity contribution in [3.63, 3.8) is 0 Å². The molecule has 0 bridgehead atoms. The molecule has 0 aromatic rings. The van der Waals surface area contributed by atoms with Crippen LogP contribution in [-0.2, 0) is 28.6 Å². The van der Waals surface area contributed by atoms with E-state index in [0.717, 1.165) is 122 Å². The third-order valence-corrected chi connectivity index (χ3v) is 8.70. The van der Waals surface area contributed by atoms with Crippen molar-refractivity contribution in [2.75, 3.05) is 13.2 Å². The van der Waals surface area contributed by atoms with Gasteiger partial charge in [0.15, 0.2) is 6.10 Å². The van der Waals surface area contributed by atoms with Gasteiger partial charge in [-0.2, -0.15) is 0 Å². The second-order valence-electron chi connectivity index (χ2n) is 14.0. The number of carbonyl (C=O) groups is 3. The van der Waals surface area contributed by atoms with E-state index in [1.54, 1.807) is 0 Å². The summed E-state index contributed by atoms with van der Waals surface area (Å²) < 4.78 is 16.6. The topological polar surface area (TPSA) is 78.9 Å². The predicted molar refractivity (Wildman–Crippen MR) is 233 cm³/mol. The van der Waals surface area contributed by atoms with E-state index in [0.29, 0.717) is 19.3 Å². The molecule has 0 fully saturated rings. The summed E-state index contributed by atoms with van der Waals surface area (Å²) in [5, 5.41) is 0. The van der Waals surface area contributed by atoms with E-state index in [9.17, 15) is 14.4 Å². The van der Waals surface area contributed by atoms with Crippen molar-refractivity contribution in [2.45, 2.75) is 181 Å². The molecule has 6 heteroatoms. The maximum absolute atomic E-state index is 12.7. The van der Waals surface area contributed by atoms with Crippen molar-refractivity contribution in [3.05, 3.63) is 97.2 Å². The minimum Gasteiger partial charge on any atom is -0.462 e. The number of allylic oxidation sites excluding steroid dienone is 16. The van der Waals surface area contributed by atoms with E-state index in [1.807, 2.05) is 12.2 Å². The van der Waals surface area contributed by atoms with Crippen LogP contribution < -0.4 is 0 Å². The Bertz CT molecular complexity index is 1150. The summed E-state index contributed by atoms with van der Waals surface area (Å²) in [7, 11) is 0. The normalized spacial score (nSPS) is 13.0. The molecule has 0 saturated heterocycles. The largest absolute Gasteiger partial charge is 0.462 e. The quantitative estimate of drug-likeness (QED) is 0.0271. The molecule has 0 spiro atoms. The Morgan fingerprint density at radius 2 is 0.709 bits per heavy atom. The summed E-state index contributed by atoms with van der Waals surface area (Å²) in [6, 6.07) is 0. The van der Waals surface area contributed by atoms with Gasteiger partial charge in [-0.25, -0.2) is 0 Å². The van der Waals surface area contributed by atoms with Crippen LogP contribution in [0, 0.1) is 0 Å².